The highest BCUT2D eigenvalue weighted by molar-refractivity contribution is 7.10. The number of carbonyl (C=O) groups is 1. The van der Waals surface area contributed by atoms with E-state index in [1.807, 2.05) is 31.4 Å². The van der Waals surface area contributed by atoms with Crippen LogP contribution in [-0.4, -0.2) is 38.0 Å². The van der Waals surface area contributed by atoms with Crippen LogP contribution in [0.1, 0.15) is 44.0 Å². The summed E-state index contributed by atoms with van der Waals surface area (Å²) in [4.78, 5) is 13.1. The number of amides is 2. The molecule has 0 aliphatic rings. The molecule has 0 aliphatic heterocycles. The van der Waals surface area contributed by atoms with Crippen LogP contribution in [0.5, 0.6) is 0 Å². The van der Waals surface area contributed by atoms with E-state index in [0.717, 1.165) is 30.7 Å². The van der Waals surface area contributed by atoms with E-state index in [2.05, 4.69) is 10.6 Å². The summed E-state index contributed by atoms with van der Waals surface area (Å²) in [6.45, 7) is 5.31. The molecular weight excluding hydrogens is 300 g/mol. The SMILES string of the molecule is COCCCCCNC(=O)NC(c1cccs1)C(C)(C)CO. The first-order valence-corrected chi connectivity index (χ1v) is 8.57. The highest BCUT2D eigenvalue weighted by Gasteiger charge is 2.32. The van der Waals surface area contributed by atoms with Crippen LogP contribution in [0.3, 0.4) is 0 Å². The smallest absolute Gasteiger partial charge is 0.315 e. The maximum absolute atomic E-state index is 12.1. The monoisotopic (exact) mass is 328 g/mol. The number of hydrogen-bond acceptors (Lipinski definition) is 4. The van der Waals surface area contributed by atoms with Gasteiger partial charge in [-0.15, -0.1) is 11.3 Å². The quantitative estimate of drug-likeness (QED) is 0.578. The molecule has 1 rings (SSSR count). The van der Waals surface area contributed by atoms with E-state index in [1.54, 1.807) is 18.4 Å². The zero-order chi connectivity index (χ0) is 16.4. The van der Waals surface area contributed by atoms with Gasteiger partial charge in [-0.05, 0) is 30.7 Å². The van der Waals surface area contributed by atoms with Gasteiger partial charge in [0.2, 0.25) is 0 Å². The Bertz CT molecular complexity index is 421. The number of urea groups is 1. The molecule has 1 aromatic rings. The lowest BCUT2D eigenvalue weighted by Gasteiger charge is -2.32. The van der Waals surface area contributed by atoms with Crippen LogP contribution in [0.4, 0.5) is 4.79 Å². The van der Waals surface area contributed by atoms with Crippen molar-refractivity contribution < 1.29 is 14.6 Å². The summed E-state index contributed by atoms with van der Waals surface area (Å²) in [5.41, 5.74) is -0.416. The number of hydrogen-bond donors (Lipinski definition) is 3. The van der Waals surface area contributed by atoms with E-state index < -0.39 is 5.41 Å². The van der Waals surface area contributed by atoms with Gasteiger partial charge in [0.05, 0.1) is 12.6 Å². The molecule has 0 bridgehead atoms. The second-order valence-electron chi connectivity index (χ2n) is 6.05. The third-order valence-electron chi connectivity index (χ3n) is 3.60. The van der Waals surface area contributed by atoms with Crippen molar-refractivity contribution in [3.63, 3.8) is 0 Å². The fraction of sp³-hybridized carbons (Fsp3) is 0.688. The van der Waals surface area contributed by atoms with Gasteiger partial charge in [-0.1, -0.05) is 19.9 Å². The fourth-order valence-electron chi connectivity index (χ4n) is 2.13. The number of ether oxygens (including phenoxy) is 1. The number of rotatable bonds is 10. The first-order valence-electron chi connectivity index (χ1n) is 7.69. The summed E-state index contributed by atoms with van der Waals surface area (Å²) < 4.78 is 4.99. The molecule has 0 aliphatic carbocycles. The third kappa shape index (κ3) is 6.34. The molecule has 2 amide bonds. The van der Waals surface area contributed by atoms with Crippen molar-refractivity contribution in [2.24, 2.45) is 5.41 Å². The minimum absolute atomic E-state index is 0.00681. The molecule has 1 heterocycles. The molecule has 0 saturated carbocycles. The van der Waals surface area contributed by atoms with Gasteiger partial charge in [0.25, 0.3) is 0 Å². The standard InChI is InChI=1S/C16H28N2O3S/c1-16(2,12-19)14(13-8-7-11-22-13)18-15(20)17-9-5-4-6-10-21-3/h7-8,11,14,19H,4-6,9-10,12H2,1-3H3,(H2,17,18,20). The lowest BCUT2D eigenvalue weighted by atomic mass is 9.84. The Labute approximate surface area is 137 Å². The van der Waals surface area contributed by atoms with Gasteiger partial charge in [-0.25, -0.2) is 4.79 Å². The topological polar surface area (TPSA) is 70.6 Å². The molecule has 3 N–H and O–H groups in total. The summed E-state index contributed by atoms with van der Waals surface area (Å²) in [7, 11) is 1.69. The molecule has 0 spiro atoms. The highest BCUT2D eigenvalue weighted by atomic mass is 32.1. The fourth-order valence-corrected chi connectivity index (χ4v) is 3.12. The summed E-state index contributed by atoms with van der Waals surface area (Å²) in [6.07, 6.45) is 2.98. The van der Waals surface area contributed by atoms with Gasteiger partial charge >= 0.3 is 6.03 Å². The van der Waals surface area contributed by atoms with Crippen LogP contribution in [0.25, 0.3) is 0 Å². The molecule has 0 fully saturated rings. The van der Waals surface area contributed by atoms with Crippen LogP contribution in [0.15, 0.2) is 17.5 Å². The summed E-state index contributed by atoms with van der Waals surface area (Å²) in [6, 6.07) is 3.55. The van der Waals surface area contributed by atoms with E-state index >= 15 is 0 Å². The third-order valence-corrected chi connectivity index (χ3v) is 4.54. The molecule has 1 aromatic heterocycles. The Morgan fingerprint density at radius 1 is 1.41 bits per heavy atom. The van der Waals surface area contributed by atoms with Crippen molar-refractivity contribution >= 4 is 17.4 Å². The van der Waals surface area contributed by atoms with Crippen molar-refractivity contribution in [3.05, 3.63) is 22.4 Å². The maximum atomic E-state index is 12.1. The largest absolute Gasteiger partial charge is 0.396 e. The van der Waals surface area contributed by atoms with Crippen molar-refractivity contribution in [3.8, 4) is 0 Å². The molecule has 5 nitrogen and oxygen atoms in total. The van der Waals surface area contributed by atoms with E-state index in [4.69, 9.17) is 4.74 Å². The zero-order valence-electron chi connectivity index (χ0n) is 13.7. The second-order valence-corrected chi connectivity index (χ2v) is 7.03. The maximum Gasteiger partial charge on any atom is 0.315 e. The van der Waals surface area contributed by atoms with E-state index in [9.17, 15) is 9.90 Å². The molecule has 0 radical (unpaired) electrons. The molecule has 0 aromatic carbocycles. The van der Waals surface area contributed by atoms with Crippen LogP contribution in [0, 0.1) is 5.41 Å². The first-order chi connectivity index (χ1) is 10.5. The van der Waals surface area contributed by atoms with Gasteiger partial charge in [0.15, 0.2) is 0 Å². The van der Waals surface area contributed by atoms with Gasteiger partial charge in [0, 0.05) is 30.6 Å². The molecule has 22 heavy (non-hydrogen) atoms. The molecule has 126 valence electrons. The summed E-state index contributed by atoms with van der Waals surface area (Å²) in [5, 5.41) is 17.4. The number of thiophene rings is 1. The Balaban J connectivity index is 2.44. The number of aliphatic hydroxyl groups excluding tert-OH is 1. The van der Waals surface area contributed by atoms with Crippen molar-refractivity contribution in [2.75, 3.05) is 26.9 Å². The second kappa shape index (κ2) is 9.82. The van der Waals surface area contributed by atoms with Crippen LogP contribution in [-0.2, 0) is 4.74 Å². The zero-order valence-corrected chi connectivity index (χ0v) is 14.5. The van der Waals surface area contributed by atoms with Gasteiger partial charge < -0.3 is 20.5 Å². The van der Waals surface area contributed by atoms with Gasteiger partial charge in [-0.3, -0.25) is 0 Å². The Morgan fingerprint density at radius 3 is 2.77 bits per heavy atom. The minimum atomic E-state index is -0.416. The van der Waals surface area contributed by atoms with Crippen LogP contribution >= 0.6 is 11.3 Å². The van der Waals surface area contributed by atoms with E-state index in [1.165, 1.54) is 0 Å². The summed E-state index contributed by atoms with van der Waals surface area (Å²) in [5.74, 6) is 0. The molecule has 0 saturated heterocycles. The van der Waals surface area contributed by atoms with Gasteiger partial charge in [-0.2, -0.15) is 0 Å². The normalized spacial score (nSPS) is 12.9. The Kier molecular flexibility index (Phi) is 8.45. The first kappa shape index (κ1) is 18.9. The molecule has 1 unspecified atom stereocenters. The highest BCUT2D eigenvalue weighted by Crippen LogP contribution is 2.35. The van der Waals surface area contributed by atoms with Crippen molar-refractivity contribution in [2.45, 2.75) is 39.2 Å². The van der Waals surface area contributed by atoms with Crippen LogP contribution < -0.4 is 10.6 Å². The van der Waals surface area contributed by atoms with Gasteiger partial charge in [0.1, 0.15) is 0 Å². The number of unbranched alkanes of at least 4 members (excludes halogenated alkanes) is 2. The molecule has 1 atom stereocenters. The summed E-state index contributed by atoms with van der Waals surface area (Å²) >= 11 is 1.59. The average Bonchev–Trinajstić information content (AvgIpc) is 3.02. The average molecular weight is 328 g/mol. The molecular formula is C16H28N2O3S. The predicted molar refractivity (Wildman–Crippen MR) is 90.2 cm³/mol. The lowest BCUT2D eigenvalue weighted by molar-refractivity contribution is 0.119. The Hall–Kier alpha value is -1.11. The number of methoxy groups -OCH3 is 1. The van der Waals surface area contributed by atoms with Crippen molar-refractivity contribution in [1.29, 1.82) is 0 Å². The lowest BCUT2D eigenvalue weighted by Crippen LogP contribution is -2.44. The van der Waals surface area contributed by atoms with E-state index in [0.29, 0.717) is 6.54 Å². The minimum Gasteiger partial charge on any atom is -0.396 e. The number of carbonyl (C=O) groups excluding carboxylic acids is 1. The van der Waals surface area contributed by atoms with Crippen molar-refractivity contribution in [1.82, 2.24) is 10.6 Å². The molecule has 6 heteroatoms. The van der Waals surface area contributed by atoms with Crippen LogP contribution in [0.2, 0.25) is 0 Å². The number of aliphatic hydroxyl groups is 1. The Morgan fingerprint density at radius 2 is 2.18 bits per heavy atom. The number of nitrogens with one attached hydrogen (secondary N) is 2. The van der Waals surface area contributed by atoms with E-state index in [-0.39, 0.29) is 18.7 Å². The predicted octanol–water partition coefficient (Wildman–Crippen LogP) is 2.92.